The van der Waals surface area contributed by atoms with Crippen LogP contribution in [0.4, 0.5) is 0 Å². The molecule has 0 fully saturated rings. The summed E-state index contributed by atoms with van der Waals surface area (Å²) in [6, 6.07) is 1.85. The first-order valence-corrected chi connectivity index (χ1v) is 3.68. The average Bonchev–Trinajstić information content (AvgIpc) is 2.10. The van der Waals surface area contributed by atoms with Crippen molar-refractivity contribution in [1.29, 1.82) is 0 Å². The van der Waals surface area contributed by atoms with Crippen molar-refractivity contribution < 1.29 is 0 Å². The number of hydrogen-bond acceptors (Lipinski definition) is 2. The Kier molecular flexibility index (Phi) is 2.00. The van der Waals surface area contributed by atoms with Crippen LogP contribution in [0.2, 0.25) is 0 Å². The van der Waals surface area contributed by atoms with Crippen LogP contribution in [0.15, 0.2) is 6.07 Å². The molecular formula is C8H14N3. The molecule has 0 aromatic carbocycles. The zero-order valence-electron chi connectivity index (χ0n) is 7.26. The smallest absolute Gasteiger partial charge is 0.0867 e. The van der Waals surface area contributed by atoms with Crippen LogP contribution in [-0.2, 0) is 6.54 Å². The molecule has 0 bridgehead atoms. The van der Waals surface area contributed by atoms with Gasteiger partial charge in [0.1, 0.15) is 0 Å². The maximum atomic E-state index is 5.80. The molecule has 0 atom stereocenters. The Hall–Kier alpha value is -0.830. The summed E-state index contributed by atoms with van der Waals surface area (Å²) in [5.41, 5.74) is 6.56. The normalized spacial score (nSPS) is 12.0. The van der Waals surface area contributed by atoms with Crippen molar-refractivity contribution in [3.8, 4) is 0 Å². The van der Waals surface area contributed by atoms with Gasteiger partial charge >= 0.3 is 0 Å². The lowest BCUT2D eigenvalue weighted by Gasteiger charge is -2.17. The summed E-state index contributed by atoms with van der Waals surface area (Å²) in [4.78, 5) is 0. The van der Waals surface area contributed by atoms with Gasteiger partial charge in [-0.2, -0.15) is 5.10 Å². The fraction of sp³-hybridized carbons (Fsp3) is 0.625. The molecule has 0 unspecified atom stereocenters. The summed E-state index contributed by atoms with van der Waals surface area (Å²) in [5, 5.41) is 4.18. The highest BCUT2D eigenvalue weighted by molar-refractivity contribution is 4.94. The lowest BCUT2D eigenvalue weighted by molar-refractivity contribution is 0.406. The molecular weight excluding hydrogens is 138 g/mol. The quantitative estimate of drug-likeness (QED) is 0.679. The molecule has 1 rings (SSSR count). The molecule has 1 aromatic heterocycles. The van der Waals surface area contributed by atoms with E-state index in [1.807, 2.05) is 26.8 Å². The number of aromatic nitrogens is 2. The van der Waals surface area contributed by atoms with Crippen molar-refractivity contribution in [2.45, 2.75) is 32.9 Å². The van der Waals surface area contributed by atoms with Crippen LogP contribution in [0.3, 0.4) is 0 Å². The lowest BCUT2D eigenvalue weighted by Crippen LogP contribution is -2.37. The highest BCUT2D eigenvalue weighted by Crippen LogP contribution is 2.01. The standard InChI is InChI=1S/C8H14N3/c1-7-4-5-11(10-7)6-8(2,3)9/h4H,6,9H2,1-3H3. The Morgan fingerprint density at radius 1 is 1.73 bits per heavy atom. The van der Waals surface area contributed by atoms with E-state index in [0.717, 1.165) is 5.69 Å². The average molecular weight is 152 g/mol. The zero-order chi connectivity index (χ0) is 8.48. The first-order valence-electron chi connectivity index (χ1n) is 3.68. The van der Waals surface area contributed by atoms with Crippen molar-refractivity contribution in [1.82, 2.24) is 9.78 Å². The van der Waals surface area contributed by atoms with Crippen LogP contribution >= 0.6 is 0 Å². The van der Waals surface area contributed by atoms with E-state index in [-0.39, 0.29) is 5.54 Å². The molecule has 0 spiro atoms. The van der Waals surface area contributed by atoms with Gasteiger partial charge in [-0.25, -0.2) is 0 Å². The number of nitrogens with zero attached hydrogens (tertiary/aromatic N) is 2. The van der Waals surface area contributed by atoms with Crippen molar-refractivity contribution in [3.63, 3.8) is 0 Å². The largest absolute Gasteiger partial charge is 0.324 e. The molecule has 1 heterocycles. The van der Waals surface area contributed by atoms with E-state index in [4.69, 9.17) is 5.73 Å². The van der Waals surface area contributed by atoms with Crippen LogP contribution in [-0.4, -0.2) is 15.3 Å². The van der Waals surface area contributed by atoms with E-state index < -0.39 is 0 Å². The van der Waals surface area contributed by atoms with E-state index in [0.29, 0.717) is 6.54 Å². The second kappa shape index (κ2) is 2.66. The topological polar surface area (TPSA) is 43.8 Å². The first-order chi connectivity index (χ1) is 4.97. The molecule has 0 aliphatic heterocycles. The molecule has 11 heavy (non-hydrogen) atoms. The van der Waals surface area contributed by atoms with Gasteiger partial charge in [0.05, 0.1) is 18.4 Å². The van der Waals surface area contributed by atoms with Crippen LogP contribution in [0.25, 0.3) is 0 Å². The predicted octanol–water partition coefficient (Wildman–Crippen LogP) is 0.729. The molecule has 0 aliphatic rings. The predicted molar refractivity (Wildman–Crippen MR) is 44.1 cm³/mol. The van der Waals surface area contributed by atoms with Crippen LogP contribution in [0, 0.1) is 13.1 Å². The van der Waals surface area contributed by atoms with E-state index in [1.165, 1.54) is 0 Å². The third-order valence-electron chi connectivity index (χ3n) is 1.26. The van der Waals surface area contributed by atoms with Crippen molar-refractivity contribution in [3.05, 3.63) is 18.0 Å². The maximum Gasteiger partial charge on any atom is 0.0867 e. The molecule has 1 aromatic rings. The summed E-state index contributed by atoms with van der Waals surface area (Å²) in [5.74, 6) is 0. The summed E-state index contributed by atoms with van der Waals surface area (Å²) < 4.78 is 1.75. The molecule has 61 valence electrons. The van der Waals surface area contributed by atoms with Gasteiger partial charge in [-0.15, -0.1) is 0 Å². The first kappa shape index (κ1) is 8.27. The molecule has 3 heteroatoms. The van der Waals surface area contributed by atoms with E-state index in [1.54, 1.807) is 4.68 Å². The van der Waals surface area contributed by atoms with Gasteiger partial charge in [0, 0.05) is 5.54 Å². The Labute approximate surface area is 67.2 Å². The van der Waals surface area contributed by atoms with Crippen LogP contribution in [0.5, 0.6) is 0 Å². The lowest BCUT2D eigenvalue weighted by atomic mass is 10.1. The molecule has 0 saturated heterocycles. The van der Waals surface area contributed by atoms with E-state index >= 15 is 0 Å². The summed E-state index contributed by atoms with van der Waals surface area (Å²) >= 11 is 0. The Morgan fingerprint density at radius 2 is 2.36 bits per heavy atom. The molecule has 0 amide bonds. The fourth-order valence-electron chi connectivity index (χ4n) is 0.883. The second-order valence-corrected chi connectivity index (χ2v) is 3.56. The van der Waals surface area contributed by atoms with Gasteiger partial charge in [0.15, 0.2) is 0 Å². The summed E-state index contributed by atoms with van der Waals surface area (Å²) in [6.07, 6.45) is 2.99. The molecule has 0 saturated carbocycles. The highest BCUT2D eigenvalue weighted by Gasteiger charge is 2.11. The monoisotopic (exact) mass is 152 g/mol. The van der Waals surface area contributed by atoms with Crippen LogP contribution in [0.1, 0.15) is 19.5 Å². The van der Waals surface area contributed by atoms with Crippen molar-refractivity contribution in [2.75, 3.05) is 0 Å². The van der Waals surface area contributed by atoms with E-state index in [2.05, 4.69) is 11.3 Å². The number of rotatable bonds is 2. The molecule has 2 N–H and O–H groups in total. The Bertz CT molecular complexity index is 232. The Morgan fingerprint density at radius 3 is 2.73 bits per heavy atom. The highest BCUT2D eigenvalue weighted by atomic mass is 15.3. The third kappa shape index (κ3) is 2.72. The summed E-state index contributed by atoms with van der Waals surface area (Å²) in [7, 11) is 0. The number of nitrogens with two attached hydrogens (primary N) is 1. The SMILES string of the molecule is Cc1c[c]n(CC(C)(C)N)n1. The minimum atomic E-state index is -0.213. The second-order valence-electron chi connectivity index (χ2n) is 3.56. The Balaban J connectivity index is 2.65. The van der Waals surface area contributed by atoms with Gasteiger partial charge in [-0.3, -0.25) is 4.68 Å². The minimum Gasteiger partial charge on any atom is -0.324 e. The minimum absolute atomic E-state index is 0.213. The number of aryl methyl sites for hydroxylation is 1. The zero-order valence-corrected chi connectivity index (χ0v) is 7.26. The number of hydrogen-bond donors (Lipinski definition) is 1. The van der Waals surface area contributed by atoms with Crippen molar-refractivity contribution in [2.24, 2.45) is 5.73 Å². The van der Waals surface area contributed by atoms with Crippen LogP contribution < -0.4 is 5.73 Å². The third-order valence-corrected chi connectivity index (χ3v) is 1.26. The van der Waals surface area contributed by atoms with Gasteiger partial charge < -0.3 is 5.73 Å². The molecule has 0 aliphatic carbocycles. The fourth-order valence-corrected chi connectivity index (χ4v) is 0.883. The van der Waals surface area contributed by atoms with Gasteiger partial charge in [-0.1, -0.05) is 0 Å². The van der Waals surface area contributed by atoms with Gasteiger partial charge in [-0.05, 0) is 26.8 Å². The maximum absolute atomic E-state index is 5.80. The molecule has 3 nitrogen and oxygen atoms in total. The van der Waals surface area contributed by atoms with E-state index in [9.17, 15) is 0 Å². The van der Waals surface area contributed by atoms with Gasteiger partial charge in [0.2, 0.25) is 0 Å². The van der Waals surface area contributed by atoms with Gasteiger partial charge in [0.25, 0.3) is 0 Å². The summed E-state index contributed by atoms with van der Waals surface area (Å²) in [6.45, 7) is 6.59. The van der Waals surface area contributed by atoms with Crippen molar-refractivity contribution >= 4 is 0 Å². The molecule has 1 radical (unpaired) electrons.